The number of carboxylic acid groups (broad SMARTS) is 1. The molecule has 1 aliphatic heterocycles. The highest BCUT2D eigenvalue weighted by molar-refractivity contribution is 5.64. The molecule has 2 rings (SSSR count). The summed E-state index contributed by atoms with van der Waals surface area (Å²) in [6.07, 6.45) is 0.730. The van der Waals surface area contributed by atoms with Gasteiger partial charge in [-0.2, -0.15) is 0 Å². The second-order valence-electron chi connectivity index (χ2n) is 7.25. The molecule has 0 spiro atoms. The number of amides is 1. The van der Waals surface area contributed by atoms with Crippen molar-refractivity contribution in [2.45, 2.75) is 64.2 Å². The normalized spacial score (nSPS) is 21.9. The third-order valence-electron chi connectivity index (χ3n) is 4.46. The summed E-state index contributed by atoms with van der Waals surface area (Å²) in [4.78, 5) is 13.4. The van der Waals surface area contributed by atoms with Gasteiger partial charge in [0.15, 0.2) is 0 Å². The number of benzene rings is 1. The molecule has 0 aliphatic carbocycles. The number of carbonyl (C=O) groups is 1. The van der Waals surface area contributed by atoms with Gasteiger partial charge >= 0.3 is 6.09 Å². The van der Waals surface area contributed by atoms with Crippen LogP contribution >= 0.6 is 0 Å². The first kappa shape index (κ1) is 15.8. The molecule has 2 N–H and O–H groups in total. The summed E-state index contributed by atoms with van der Waals surface area (Å²) in [5.41, 5.74) is 1.19. The number of hydrogen-bond donors (Lipinski definition) is 2. The van der Waals surface area contributed by atoms with Gasteiger partial charge in [0.05, 0.1) is 0 Å². The Kier molecular flexibility index (Phi) is 4.28. The Morgan fingerprint density at radius 2 is 1.71 bits per heavy atom. The van der Waals surface area contributed by atoms with Gasteiger partial charge in [0.1, 0.15) is 0 Å². The Morgan fingerprint density at radius 1 is 1.19 bits per heavy atom. The minimum atomic E-state index is -0.928. The molecule has 1 saturated heterocycles. The fraction of sp³-hybridized carbons (Fsp3) is 0.588. The highest BCUT2D eigenvalue weighted by Gasteiger charge is 2.45. The number of piperidine rings is 1. The molecule has 0 bridgehead atoms. The highest BCUT2D eigenvalue weighted by Crippen LogP contribution is 2.39. The molecule has 1 heterocycles. The first-order chi connectivity index (χ1) is 9.71. The molecule has 1 fully saturated rings. The Labute approximate surface area is 127 Å². The third-order valence-corrected chi connectivity index (χ3v) is 4.46. The quantitative estimate of drug-likeness (QED) is 0.896. The van der Waals surface area contributed by atoms with Crippen LogP contribution in [0.1, 0.15) is 46.1 Å². The van der Waals surface area contributed by atoms with Crippen molar-refractivity contribution in [1.82, 2.24) is 10.2 Å². The molecule has 0 atom stereocenters. The van der Waals surface area contributed by atoms with Gasteiger partial charge in [0.25, 0.3) is 0 Å². The van der Waals surface area contributed by atoms with Gasteiger partial charge in [0.2, 0.25) is 0 Å². The van der Waals surface area contributed by atoms with Gasteiger partial charge in [-0.25, -0.2) is 4.79 Å². The van der Waals surface area contributed by atoms with Gasteiger partial charge in [0, 0.05) is 23.7 Å². The van der Waals surface area contributed by atoms with Crippen molar-refractivity contribution in [2.24, 2.45) is 0 Å². The van der Waals surface area contributed by atoms with E-state index >= 15 is 0 Å². The molecule has 0 saturated carbocycles. The van der Waals surface area contributed by atoms with Crippen LogP contribution < -0.4 is 5.32 Å². The third kappa shape index (κ3) is 3.76. The van der Waals surface area contributed by atoms with Crippen LogP contribution in [-0.4, -0.2) is 33.2 Å². The lowest BCUT2D eigenvalue weighted by Gasteiger charge is -2.55. The zero-order valence-corrected chi connectivity index (χ0v) is 13.4. The average molecular weight is 290 g/mol. The van der Waals surface area contributed by atoms with Crippen LogP contribution in [0.3, 0.4) is 0 Å². The Hall–Kier alpha value is -1.55. The van der Waals surface area contributed by atoms with Crippen LogP contribution in [0.2, 0.25) is 0 Å². The molecule has 1 aromatic carbocycles. The minimum Gasteiger partial charge on any atom is -0.465 e. The molecule has 1 aliphatic rings. The number of likely N-dealkylation sites (tertiary alicyclic amines) is 1. The maximum atomic E-state index is 10.9. The molecule has 1 amide bonds. The molecule has 0 unspecified atom stereocenters. The molecule has 1 aromatic rings. The van der Waals surface area contributed by atoms with Gasteiger partial charge in [-0.05, 0) is 46.1 Å². The molecule has 0 aromatic heterocycles. The summed E-state index contributed by atoms with van der Waals surface area (Å²) >= 11 is 0. The maximum absolute atomic E-state index is 10.9. The summed E-state index contributed by atoms with van der Waals surface area (Å²) in [6.45, 7) is 9.70. The number of hydrogen-bond acceptors (Lipinski definition) is 2. The summed E-state index contributed by atoms with van der Waals surface area (Å²) in [5, 5.41) is 11.6. The Morgan fingerprint density at radius 3 is 2.19 bits per heavy atom. The van der Waals surface area contributed by atoms with E-state index < -0.39 is 6.09 Å². The van der Waals surface area contributed by atoms with E-state index in [2.05, 4.69) is 62.2 Å². The minimum absolute atomic E-state index is 0.0134. The summed E-state index contributed by atoms with van der Waals surface area (Å²) in [7, 11) is 0. The highest BCUT2D eigenvalue weighted by atomic mass is 16.4. The molecule has 116 valence electrons. The summed E-state index contributed by atoms with van der Waals surface area (Å²) < 4.78 is 0. The van der Waals surface area contributed by atoms with Crippen LogP contribution in [0.4, 0.5) is 4.79 Å². The van der Waals surface area contributed by atoms with Crippen LogP contribution in [0.5, 0.6) is 0 Å². The first-order valence-electron chi connectivity index (χ1n) is 7.52. The smallest absolute Gasteiger partial charge is 0.404 e. The standard InChI is InChI=1S/C17H26N2O2/c1-16(2)10-14(18-15(20)21)11-17(3,4)19(16)12-13-8-6-5-7-9-13/h5-9,14,18H,10-12H2,1-4H3,(H,20,21). The van der Waals surface area contributed by atoms with E-state index in [9.17, 15) is 4.79 Å². The van der Waals surface area contributed by atoms with Crippen molar-refractivity contribution in [2.75, 3.05) is 0 Å². The van der Waals surface area contributed by atoms with E-state index in [1.54, 1.807) is 0 Å². The van der Waals surface area contributed by atoms with E-state index in [0.29, 0.717) is 0 Å². The van der Waals surface area contributed by atoms with E-state index in [1.807, 2.05) is 6.07 Å². The van der Waals surface area contributed by atoms with Crippen molar-refractivity contribution >= 4 is 6.09 Å². The van der Waals surface area contributed by atoms with Crippen LogP contribution in [0.25, 0.3) is 0 Å². The average Bonchev–Trinajstić information content (AvgIpc) is 2.33. The van der Waals surface area contributed by atoms with Gasteiger partial charge in [-0.3, -0.25) is 4.90 Å². The number of nitrogens with zero attached hydrogens (tertiary/aromatic N) is 1. The predicted octanol–water partition coefficient (Wildman–Crippen LogP) is 3.48. The lowest BCUT2D eigenvalue weighted by Crippen LogP contribution is -2.63. The monoisotopic (exact) mass is 290 g/mol. The van der Waals surface area contributed by atoms with Crippen molar-refractivity contribution in [3.05, 3.63) is 35.9 Å². The number of nitrogens with one attached hydrogen (secondary N) is 1. The largest absolute Gasteiger partial charge is 0.465 e. The van der Waals surface area contributed by atoms with Crippen LogP contribution in [0, 0.1) is 0 Å². The topological polar surface area (TPSA) is 52.6 Å². The van der Waals surface area contributed by atoms with E-state index in [-0.39, 0.29) is 17.1 Å². The zero-order valence-electron chi connectivity index (χ0n) is 13.4. The van der Waals surface area contributed by atoms with E-state index in [4.69, 9.17) is 5.11 Å². The fourth-order valence-electron chi connectivity index (χ4n) is 3.79. The van der Waals surface area contributed by atoms with Gasteiger partial charge in [-0.1, -0.05) is 30.3 Å². The zero-order chi connectivity index (χ0) is 15.7. The molecule has 4 heteroatoms. The predicted molar refractivity (Wildman–Crippen MR) is 84.3 cm³/mol. The number of rotatable bonds is 3. The second-order valence-corrected chi connectivity index (χ2v) is 7.25. The molecular weight excluding hydrogens is 264 g/mol. The first-order valence-corrected chi connectivity index (χ1v) is 7.52. The SMILES string of the molecule is CC1(C)CC(NC(=O)O)CC(C)(C)N1Cc1ccccc1. The Bertz CT molecular complexity index is 479. The molecule has 4 nitrogen and oxygen atoms in total. The van der Waals surface area contributed by atoms with Crippen molar-refractivity contribution < 1.29 is 9.90 Å². The van der Waals surface area contributed by atoms with Gasteiger partial charge < -0.3 is 10.4 Å². The summed E-state index contributed by atoms with van der Waals surface area (Å²) in [5.74, 6) is 0. The van der Waals surface area contributed by atoms with Crippen LogP contribution in [0.15, 0.2) is 30.3 Å². The lowest BCUT2D eigenvalue weighted by molar-refractivity contribution is -0.0464. The second kappa shape index (κ2) is 5.68. The van der Waals surface area contributed by atoms with E-state index in [1.165, 1.54) is 5.56 Å². The molecule has 21 heavy (non-hydrogen) atoms. The van der Waals surface area contributed by atoms with Crippen molar-refractivity contribution in [3.8, 4) is 0 Å². The van der Waals surface area contributed by atoms with Crippen molar-refractivity contribution in [3.63, 3.8) is 0 Å². The maximum Gasteiger partial charge on any atom is 0.404 e. The Balaban J connectivity index is 2.19. The van der Waals surface area contributed by atoms with Gasteiger partial charge in [-0.15, -0.1) is 0 Å². The van der Waals surface area contributed by atoms with E-state index in [0.717, 1.165) is 19.4 Å². The summed E-state index contributed by atoms with van der Waals surface area (Å²) in [6, 6.07) is 10.5. The van der Waals surface area contributed by atoms with Crippen molar-refractivity contribution in [1.29, 1.82) is 0 Å². The lowest BCUT2D eigenvalue weighted by atomic mass is 9.76. The van der Waals surface area contributed by atoms with Crippen LogP contribution in [-0.2, 0) is 6.54 Å². The molecular formula is C17H26N2O2. The fourth-order valence-corrected chi connectivity index (χ4v) is 3.79. The molecule has 0 radical (unpaired) electrons.